The number of aromatic amines is 1. The Bertz CT molecular complexity index is 1140. The number of H-pyrrole nitrogens is 1. The van der Waals surface area contributed by atoms with E-state index < -0.39 is 5.60 Å². The fourth-order valence-electron chi connectivity index (χ4n) is 3.95. The van der Waals surface area contributed by atoms with E-state index in [-0.39, 0.29) is 17.4 Å². The van der Waals surface area contributed by atoms with Crippen molar-refractivity contribution in [3.8, 4) is 11.5 Å². The van der Waals surface area contributed by atoms with Crippen LogP contribution in [0.15, 0.2) is 42.6 Å². The molecule has 1 fully saturated rings. The van der Waals surface area contributed by atoms with E-state index in [4.69, 9.17) is 4.74 Å². The molecule has 8 heteroatoms. The fourth-order valence-corrected chi connectivity index (χ4v) is 3.95. The predicted octanol–water partition coefficient (Wildman–Crippen LogP) is 4.60. The Balaban J connectivity index is 1.39. The van der Waals surface area contributed by atoms with Crippen LogP contribution in [0.2, 0.25) is 0 Å². The maximum Gasteiger partial charge on any atom is 0.410 e. The Morgan fingerprint density at radius 3 is 2.78 bits per heavy atom. The SMILES string of the molecule is CC1(CC(=O)Nc2ccc3nc(-c4ccccn4)[nH]c3c2)CCN(C(=O)OC(C)(C)C)C1. The molecule has 2 N–H and O–H groups in total. The second-order valence-corrected chi connectivity index (χ2v) is 9.72. The Labute approximate surface area is 187 Å². The topological polar surface area (TPSA) is 100 Å². The molecule has 1 aromatic carbocycles. The first-order chi connectivity index (χ1) is 15.1. The van der Waals surface area contributed by atoms with Crippen molar-refractivity contribution < 1.29 is 14.3 Å². The second kappa shape index (κ2) is 8.26. The van der Waals surface area contributed by atoms with Gasteiger partial charge in [0.15, 0.2) is 5.82 Å². The average Bonchev–Trinajstić information content (AvgIpc) is 3.31. The molecular formula is C24H29N5O3. The lowest BCUT2D eigenvalue weighted by molar-refractivity contribution is -0.118. The third-order valence-electron chi connectivity index (χ3n) is 5.47. The number of nitrogens with zero attached hydrogens (tertiary/aromatic N) is 3. The van der Waals surface area contributed by atoms with Gasteiger partial charge in [0, 0.05) is 31.4 Å². The molecule has 32 heavy (non-hydrogen) atoms. The maximum absolute atomic E-state index is 12.8. The van der Waals surface area contributed by atoms with Gasteiger partial charge in [0.2, 0.25) is 5.91 Å². The third kappa shape index (κ3) is 5.07. The van der Waals surface area contributed by atoms with Crippen LogP contribution in [0.1, 0.15) is 40.5 Å². The highest BCUT2D eigenvalue weighted by Crippen LogP contribution is 2.34. The molecule has 0 aliphatic carbocycles. The minimum atomic E-state index is -0.533. The highest BCUT2D eigenvalue weighted by atomic mass is 16.6. The molecule has 168 valence electrons. The van der Waals surface area contributed by atoms with Crippen molar-refractivity contribution in [1.82, 2.24) is 19.9 Å². The lowest BCUT2D eigenvalue weighted by Crippen LogP contribution is -2.37. The van der Waals surface area contributed by atoms with Gasteiger partial charge >= 0.3 is 6.09 Å². The Morgan fingerprint density at radius 1 is 1.25 bits per heavy atom. The number of anilines is 1. The summed E-state index contributed by atoms with van der Waals surface area (Å²) in [5.41, 5.74) is 2.27. The van der Waals surface area contributed by atoms with Crippen LogP contribution in [0.5, 0.6) is 0 Å². The number of amides is 2. The Kier molecular flexibility index (Phi) is 5.62. The molecule has 8 nitrogen and oxygen atoms in total. The van der Waals surface area contributed by atoms with Gasteiger partial charge in [0.25, 0.3) is 0 Å². The summed E-state index contributed by atoms with van der Waals surface area (Å²) >= 11 is 0. The van der Waals surface area contributed by atoms with Crippen molar-refractivity contribution >= 4 is 28.7 Å². The van der Waals surface area contributed by atoms with Gasteiger partial charge in [-0.1, -0.05) is 13.0 Å². The number of ether oxygens (including phenoxy) is 1. The lowest BCUT2D eigenvalue weighted by atomic mass is 9.85. The number of fused-ring (bicyclic) bond motifs is 1. The van der Waals surface area contributed by atoms with Crippen LogP contribution >= 0.6 is 0 Å². The zero-order valence-corrected chi connectivity index (χ0v) is 18.9. The van der Waals surface area contributed by atoms with Crippen LogP contribution in [0.4, 0.5) is 10.5 Å². The van der Waals surface area contributed by atoms with Gasteiger partial charge in [-0.25, -0.2) is 9.78 Å². The summed E-state index contributed by atoms with van der Waals surface area (Å²) in [4.78, 5) is 38.9. The number of hydrogen-bond donors (Lipinski definition) is 2. The highest BCUT2D eigenvalue weighted by Gasteiger charge is 2.39. The smallest absolute Gasteiger partial charge is 0.410 e. The molecule has 4 rings (SSSR count). The summed E-state index contributed by atoms with van der Waals surface area (Å²) in [5, 5.41) is 2.98. The van der Waals surface area contributed by atoms with E-state index in [1.165, 1.54) is 0 Å². The van der Waals surface area contributed by atoms with Crippen LogP contribution in [-0.4, -0.2) is 50.5 Å². The van der Waals surface area contributed by atoms with Gasteiger partial charge < -0.3 is 19.9 Å². The summed E-state index contributed by atoms with van der Waals surface area (Å²) in [5.74, 6) is 0.604. The fraction of sp³-hybridized carbons (Fsp3) is 0.417. The van der Waals surface area contributed by atoms with E-state index in [0.29, 0.717) is 31.0 Å². The monoisotopic (exact) mass is 435 g/mol. The normalized spacial score (nSPS) is 18.7. The Hall–Kier alpha value is -3.42. The number of pyridine rings is 1. The second-order valence-electron chi connectivity index (χ2n) is 9.72. The summed E-state index contributed by atoms with van der Waals surface area (Å²) in [6, 6.07) is 11.2. The zero-order chi connectivity index (χ0) is 22.9. The first-order valence-corrected chi connectivity index (χ1v) is 10.8. The van der Waals surface area contributed by atoms with Crippen LogP contribution in [0.25, 0.3) is 22.6 Å². The third-order valence-corrected chi connectivity index (χ3v) is 5.47. The van der Waals surface area contributed by atoms with Crippen LogP contribution < -0.4 is 5.32 Å². The molecule has 3 aromatic rings. The van der Waals surface area contributed by atoms with Gasteiger partial charge in [-0.05, 0) is 62.9 Å². The van der Waals surface area contributed by atoms with E-state index in [2.05, 4.69) is 20.3 Å². The van der Waals surface area contributed by atoms with Gasteiger partial charge in [-0.2, -0.15) is 0 Å². The minimum Gasteiger partial charge on any atom is -0.444 e. The Morgan fingerprint density at radius 2 is 2.06 bits per heavy atom. The zero-order valence-electron chi connectivity index (χ0n) is 18.9. The van der Waals surface area contributed by atoms with E-state index >= 15 is 0 Å². The maximum atomic E-state index is 12.8. The molecule has 1 aliphatic heterocycles. The number of likely N-dealkylation sites (tertiary alicyclic amines) is 1. The largest absolute Gasteiger partial charge is 0.444 e. The van der Waals surface area contributed by atoms with Gasteiger partial charge in [0.1, 0.15) is 11.3 Å². The molecule has 0 spiro atoms. The molecule has 0 bridgehead atoms. The number of aromatic nitrogens is 3. The van der Waals surface area contributed by atoms with Gasteiger partial charge in [-0.15, -0.1) is 0 Å². The van der Waals surface area contributed by atoms with E-state index in [1.54, 1.807) is 11.1 Å². The van der Waals surface area contributed by atoms with Crippen molar-refractivity contribution in [1.29, 1.82) is 0 Å². The number of imidazole rings is 1. The summed E-state index contributed by atoms with van der Waals surface area (Å²) < 4.78 is 5.46. The number of rotatable bonds is 4. The summed E-state index contributed by atoms with van der Waals surface area (Å²) in [6.45, 7) is 8.68. The number of carbonyl (C=O) groups excluding carboxylic acids is 2. The first kappa shape index (κ1) is 21.8. The lowest BCUT2D eigenvalue weighted by Gasteiger charge is -2.26. The molecule has 1 atom stereocenters. The van der Waals surface area contributed by atoms with Crippen LogP contribution in [0, 0.1) is 5.41 Å². The number of nitrogens with one attached hydrogen (secondary N) is 2. The number of benzene rings is 1. The molecule has 0 saturated carbocycles. The molecule has 1 saturated heterocycles. The van der Waals surface area contributed by atoms with E-state index in [0.717, 1.165) is 23.1 Å². The quantitative estimate of drug-likeness (QED) is 0.624. The molecule has 2 amide bonds. The van der Waals surface area contributed by atoms with Crippen molar-refractivity contribution in [2.75, 3.05) is 18.4 Å². The molecule has 0 radical (unpaired) electrons. The van der Waals surface area contributed by atoms with Crippen molar-refractivity contribution in [3.63, 3.8) is 0 Å². The summed E-state index contributed by atoms with van der Waals surface area (Å²) in [6.07, 6.45) is 2.48. The number of hydrogen-bond acceptors (Lipinski definition) is 5. The minimum absolute atomic E-state index is 0.0812. The van der Waals surface area contributed by atoms with E-state index in [9.17, 15) is 9.59 Å². The van der Waals surface area contributed by atoms with Crippen molar-refractivity contribution in [2.24, 2.45) is 5.41 Å². The highest BCUT2D eigenvalue weighted by molar-refractivity contribution is 5.93. The van der Waals surface area contributed by atoms with Crippen molar-refractivity contribution in [3.05, 3.63) is 42.6 Å². The van der Waals surface area contributed by atoms with Crippen molar-refractivity contribution in [2.45, 2.75) is 46.1 Å². The predicted molar refractivity (Wildman–Crippen MR) is 123 cm³/mol. The van der Waals surface area contributed by atoms with Gasteiger partial charge in [-0.3, -0.25) is 9.78 Å². The van der Waals surface area contributed by atoms with Gasteiger partial charge in [0.05, 0.1) is 11.0 Å². The number of carbonyl (C=O) groups is 2. The standard InChI is InChI=1S/C24H29N5O3/c1-23(2,3)32-22(31)29-12-10-24(4,15-29)14-20(30)26-16-8-9-17-19(13-16)28-21(27-17)18-7-5-6-11-25-18/h5-9,11,13H,10,12,14-15H2,1-4H3,(H,26,30)(H,27,28). The molecule has 1 aliphatic rings. The van der Waals surface area contributed by atoms with E-state index in [1.807, 2.05) is 64.1 Å². The molecule has 3 heterocycles. The summed E-state index contributed by atoms with van der Waals surface area (Å²) in [7, 11) is 0. The molecule has 2 aromatic heterocycles. The molecular weight excluding hydrogens is 406 g/mol. The van der Waals surface area contributed by atoms with Crippen LogP contribution in [-0.2, 0) is 9.53 Å². The van der Waals surface area contributed by atoms with Crippen LogP contribution in [0.3, 0.4) is 0 Å². The first-order valence-electron chi connectivity index (χ1n) is 10.8. The average molecular weight is 436 g/mol. The molecule has 1 unspecified atom stereocenters.